The molecule has 3 unspecified atom stereocenters. The van der Waals surface area contributed by atoms with Gasteiger partial charge in [-0.1, -0.05) is 6.42 Å². The molecule has 0 bridgehead atoms. The summed E-state index contributed by atoms with van der Waals surface area (Å²) in [5.41, 5.74) is 0. The van der Waals surface area contributed by atoms with Crippen LogP contribution in [0.2, 0.25) is 0 Å². The largest absolute Gasteiger partial charge is 0.391 e. The SMILES string of the molecule is CC1CCCCN1C1COCCC1O. The number of hydrogen-bond acceptors (Lipinski definition) is 3. The smallest absolute Gasteiger partial charge is 0.0739 e. The summed E-state index contributed by atoms with van der Waals surface area (Å²) in [4.78, 5) is 2.44. The highest BCUT2D eigenvalue weighted by Gasteiger charge is 2.33. The highest BCUT2D eigenvalue weighted by molar-refractivity contribution is 4.86. The Labute approximate surface area is 86.0 Å². The van der Waals surface area contributed by atoms with E-state index in [-0.39, 0.29) is 12.1 Å². The summed E-state index contributed by atoms with van der Waals surface area (Å²) in [7, 11) is 0. The number of hydrogen-bond donors (Lipinski definition) is 1. The number of ether oxygens (including phenoxy) is 1. The molecule has 0 spiro atoms. The van der Waals surface area contributed by atoms with E-state index in [2.05, 4.69) is 11.8 Å². The van der Waals surface area contributed by atoms with E-state index in [0.717, 1.165) is 19.6 Å². The Hall–Kier alpha value is -0.120. The molecule has 0 radical (unpaired) electrons. The number of piperidine rings is 1. The predicted octanol–water partition coefficient (Wildman–Crippen LogP) is 1.01. The van der Waals surface area contributed by atoms with Crippen molar-refractivity contribution in [3.8, 4) is 0 Å². The Bertz CT molecular complexity index is 166. The van der Waals surface area contributed by atoms with Crippen LogP contribution in [0.1, 0.15) is 32.6 Å². The van der Waals surface area contributed by atoms with Crippen molar-refractivity contribution in [2.45, 2.75) is 50.8 Å². The van der Waals surface area contributed by atoms with Crippen molar-refractivity contribution in [2.75, 3.05) is 19.8 Å². The van der Waals surface area contributed by atoms with Crippen LogP contribution in [0.25, 0.3) is 0 Å². The first kappa shape index (κ1) is 10.4. The van der Waals surface area contributed by atoms with Crippen LogP contribution in [0.4, 0.5) is 0 Å². The minimum Gasteiger partial charge on any atom is -0.391 e. The maximum atomic E-state index is 9.92. The summed E-state index contributed by atoms with van der Waals surface area (Å²) >= 11 is 0. The molecular weight excluding hydrogens is 178 g/mol. The van der Waals surface area contributed by atoms with Crippen molar-refractivity contribution >= 4 is 0 Å². The molecule has 2 saturated heterocycles. The summed E-state index contributed by atoms with van der Waals surface area (Å²) < 4.78 is 5.45. The molecule has 3 atom stereocenters. The van der Waals surface area contributed by atoms with Gasteiger partial charge in [-0.25, -0.2) is 0 Å². The van der Waals surface area contributed by atoms with Gasteiger partial charge in [0.1, 0.15) is 0 Å². The second kappa shape index (κ2) is 4.60. The van der Waals surface area contributed by atoms with Crippen molar-refractivity contribution in [2.24, 2.45) is 0 Å². The summed E-state index contributed by atoms with van der Waals surface area (Å²) in [5.74, 6) is 0. The van der Waals surface area contributed by atoms with E-state index in [9.17, 15) is 5.11 Å². The molecule has 0 amide bonds. The van der Waals surface area contributed by atoms with Crippen molar-refractivity contribution < 1.29 is 9.84 Å². The van der Waals surface area contributed by atoms with Gasteiger partial charge >= 0.3 is 0 Å². The van der Waals surface area contributed by atoms with Crippen LogP contribution < -0.4 is 0 Å². The van der Waals surface area contributed by atoms with Crippen LogP contribution in [0.3, 0.4) is 0 Å². The van der Waals surface area contributed by atoms with Crippen molar-refractivity contribution in [3.63, 3.8) is 0 Å². The van der Waals surface area contributed by atoms with Crippen LogP contribution in [-0.4, -0.2) is 48.0 Å². The zero-order chi connectivity index (χ0) is 9.97. The Morgan fingerprint density at radius 3 is 2.86 bits per heavy atom. The van der Waals surface area contributed by atoms with Gasteiger partial charge in [0.15, 0.2) is 0 Å². The molecule has 2 fully saturated rings. The average Bonchev–Trinajstić information content (AvgIpc) is 2.20. The first-order valence-electron chi connectivity index (χ1n) is 5.80. The Morgan fingerprint density at radius 1 is 1.29 bits per heavy atom. The molecule has 3 nitrogen and oxygen atoms in total. The molecule has 2 heterocycles. The minimum absolute atomic E-state index is 0.177. The lowest BCUT2D eigenvalue weighted by atomic mass is 9.97. The lowest BCUT2D eigenvalue weighted by Crippen LogP contribution is -2.54. The molecular formula is C11H21NO2. The summed E-state index contributed by atoms with van der Waals surface area (Å²) in [6, 6.07) is 0.865. The molecule has 1 N–H and O–H groups in total. The van der Waals surface area contributed by atoms with Gasteiger partial charge in [-0.05, 0) is 32.7 Å². The molecule has 0 aromatic carbocycles. The van der Waals surface area contributed by atoms with Gasteiger partial charge < -0.3 is 9.84 Å². The van der Waals surface area contributed by atoms with Gasteiger partial charge in [0.05, 0.1) is 18.8 Å². The van der Waals surface area contributed by atoms with E-state index >= 15 is 0 Å². The lowest BCUT2D eigenvalue weighted by Gasteiger charge is -2.43. The third-order valence-corrected chi connectivity index (χ3v) is 3.57. The van der Waals surface area contributed by atoms with Gasteiger partial charge in [-0.3, -0.25) is 4.90 Å². The summed E-state index contributed by atoms with van der Waals surface area (Å²) in [6.45, 7) is 4.83. The fraction of sp³-hybridized carbons (Fsp3) is 1.00. The topological polar surface area (TPSA) is 32.7 Å². The van der Waals surface area contributed by atoms with E-state index in [0.29, 0.717) is 12.6 Å². The van der Waals surface area contributed by atoms with E-state index < -0.39 is 0 Å². The quantitative estimate of drug-likeness (QED) is 0.684. The molecule has 2 aliphatic rings. The first-order valence-corrected chi connectivity index (χ1v) is 5.80. The molecule has 3 heteroatoms. The second-order valence-electron chi connectivity index (χ2n) is 4.58. The fourth-order valence-electron chi connectivity index (χ4n) is 2.64. The molecule has 0 aromatic rings. The van der Waals surface area contributed by atoms with Crippen LogP contribution in [-0.2, 0) is 4.74 Å². The van der Waals surface area contributed by atoms with E-state index in [1.807, 2.05) is 0 Å². The molecule has 0 aliphatic carbocycles. The fourth-order valence-corrected chi connectivity index (χ4v) is 2.64. The molecule has 82 valence electrons. The van der Waals surface area contributed by atoms with Crippen LogP contribution in [0.15, 0.2) is 0 Å². The highest BCUT2D eigenvalue weighted by atomic mass is 16.5. The van der Waals surface area contributed by atoms with Crippen molar-refractivity contribution in [3.05, 3.63) is 0 Å². The third-order valence-electron chi connectivity index (χ3n) is 3.57. The molecule has 2 aliphatic heterocycles. The Morgan fingerprint density at radius 2 is 2.14 bits per heavy atom. The van der Waals surface area contributed by atoms with Gasteiger partial charge in [0.25, 0.3) is 0 Å². The van der Waals surface area contributed by atoms with E-state index in [4.69, 9.17) is 4.74 Å². The van der Waals surface area contributed by atoms with Crippen molar-refractivity contribution in [1.29, 1.82) is 0 Å². The molecule has 0 saturated carbocycles. The van der Waals surface area contributed by atoms with Crippen LogP contribution >= 0.6 is 0 Å². The maximum absolute atomic E-state index is 9.92. The predicted molar refractivity (Wildman–Crippen MR) is 55.2 cm³/mol. The van der Waals surface area contributed by atoms with Gasteiger partial charge in [0.2, 0.25) is 0 Å². The van der Waals surface area contributed by atoms with Gasteiger partial charge in [-0.2, -0.15) is 0 Å². The first-order chi connectivity index (χ1) is 6.79. The average molecular weight is 199 g/mol. The third kappa shape index (κ3) is 2.10. The monoisotopic (exact) mass is 199 g/mol. The molecule has 14 heavy (non-hydrogen) atoms. The number of nitrogens with zero attached hydrogens (tertiary/aromatic N) is 1. The summed E-state index contributed by atoms with van der Waals surface area (Å²) in [6.07, 6.45) is 4.50. The van der Waals surface area contributed by atoms with Crippen LogP contribution in [0.5, 0.6) is 0 Å². The van der Waals surface area contributed by atoms with E-state index in [1.54, 1.807) is 0 Å². The maximum Gasteiger partial charge on any atom is 0.0739 e. The second-order valence-corrected chi connectivity index (χ2v) is 4.58. The lowest BCUT2D eigenvalue weighted by molar-refractivity contribution is -0.0780. The summed E-state index contributed by atoms with van der Waals surface area (Å²) in [5, 5.41) is 9.92. The van der Waals surface area contributed by atoms with Crippen molar-refractivity contribution in [1.82, 2.24) is 4.90 Å². The number of likely N-dealkylation sites (tertiary alicyclic amines) is 1. The Balaban J connectivity index is 1.96. The molecule has 0 aromatic heterocycles. The number of rotatable bonds is 1. The van der Waals surface area contributed by atoms with Gasteiger partial charge in [0, 0.05) is 12.6 Å². The van der Waals surface area contributed by atoms with E-state index in [1.165, 1.54) is 19.3 Å². The minimum atomic E-state index is -0.177. The standard InChI is InChI=1S/C11H21NO2/c1-9-4-2-3-6-12(9)10-8-14-7-5-11(10)13/h9-11,13H,2-8H2,1H3. The normalized spacial score (nSPS) is 41.1. The molecule has 2 rings (SSSR count). The zero-order valence-electron chi connectivity index (χ0n) is 8.98. The highest BCUT2D eigenvalue weighted by Crippen LogP contribution is 2.23. The van der Waals surface area contributed by atoms with Gasteiger partial charge in [-0.15, -0.1) is 0 Å². The Kier molecular flexibility index (Phi) is 3.42. The number of aliphatic hydroxyl groups is 1. The van der Waals surface area contributed by atoms with Crippen LogP contribution in [0, 0.1) is 0 Å². The zero-order valence-corrected chi connectivity index (χ0v) is 8.98. The number of aliphatic hydroxyl groups excluding tert-OH is 1.